The number of carbonyl (C=O) groups excluding carboxylic acids is 1. The van der Waals surface area contributed by atoms with Crippen LogP contribution in [-0.2, 0) is 4.79 Å². The Morgan fingerprint density at radius 2 is 2.15 bits per heavy atom. The molecule has 5 heteroatoms. The molecular formula is C15H22N2O3. The van der Waals surface area contributed by atoms with Crippen LogP contribution in [0.2, 0.25) is 0 Å². The van der Waals surface area contributed by atoms with Gasteiger partial charge in [0.25, 0.3) is 5.91 Å². The van der Waals surface area contributed by atoms with Crippen molar-refractivity contribution in [3.8, 4) is 5.75 Å². The number of carbonyl (C=O) groups is 1. The maximum Gasteiger partial charge on any atom is 0.251 e. The number of ether oxygens (including phenoxy) is 1. The molecule has 1 unspecified atom stereocenters. The Bertz CT molecular complexity index is 454. The first-order chi connectivity index (χ1) is 9.60. The van der Waals surface area contributed by atoms with Crippen LogP contribution >= 0.6 is 0 Å². The van der Waals surface area contributed by atoms with Crippen molar-refractivity contribution in [1.29, 1.82) is 0 Å². The van der Waals surface area contributed by atoms with Crippen molar-refractivity contribution in [2.45, 2.75) is 31.9 Å². The molecule has 20 heavy (non-hydrogen) atoms. The van der Waals surface area contributed by atoms with Crippen molar-refractivity contribution >= 4 is 11.6 Å². The SMILES string of the molecule is COc1cccc(NC2CCN(C(=O)C(C)O)CC2)c1. The average molecular weight is 278 g/mol. The van der Waals surface area contributed by atoms with E-state index in [1.807, 2.05) is 24.3 Å². The molecule has 1 aliphatic rings. The molecule has 1 fully saturated rings. The van der Waals surface area contributed by atoms with E-state index in [1.54, 1.807) is 12.0 Å². The normalized spacial score (nSPS) is 17.6. The van der Waals surface area contributed by atoms with Gasteiger partial charge in [0, 0.05) is 30.9 Å². The van der Waals surface area contributed by atoms with Crippen LogP contribution < -0.4 is 10.1 Å². The Morgan fingerprint density at radius 3 is 2.75 bits per heavy atom. The van der Waals surface area contributed by atoms with Crippen LogP contribution in [0.3, 0.4) is 0 Å². The van der Waals surface area contributed by atoms with Crippen LogP contribution in [0.15, 0.2) is 24.3 Å². The van der Waals surface area contributed by atoms with Gasteiger partial charge in [-0.15, -0.1) is 0 Å². The van der Waals surface area contributed by atoms with Gasteiger partial charge in [0.05, 0.1) is 7.11 Å². The third-order valence-corrected chi connectivity index (χ3v) is 3.60. The Labute approximate surface area is 119 Å². The van der Waals surface area contributed by atoms with E-state index in [0.717, 1.165) is 24.3 Å². The number of aliphatic hydroxyl groups is 1. The summed E-state index contributed by atoms with van der Waals surface area (Å²) in [5.74, 6) is 0.654. The van der Waals surface area contributed by atoms with Gasteiger partial charge in [-0.1, -0.05) is 6.07 Å². The van der Waals surface area contributed by atoms with Crippen molar-refractivity contribution < 1.29 is 14.6 Å². The molecule has 1 heterocycles. The summed E-state index contributed by atoms with van der Waals surface area (Å²) in [6, 6.07) is 8.19. The number of hydrogen-bond donors (Lipinski definition) is 2. The number of amides is 1. The number of rotatable bonds is 4. The van der Waals surface area contributed by atoms with Crippen molar-refractivity contribution in [3.05, 3.63) is 24.3 Å². The molecule has 0 aromatic heterocycles. The van der Waals surface area contributed by atoms with Gasteiger partial charge < -0.3 is 20.1 Å². The van der Waals surface area contributed by atoms with E-state index < -0.39 is 6.10 Å². The van der Waals surface area contributed by atoms with Crippen LogP contribution in [0.1, 0.15) is 19.8 Å². The smallest absolute Gasteiger partial charge is 0.251 e. The van der Waals surface area contributed by atoms with Gasteiger partial charge in [0.15, 0.2) is 0 Å². The van der Waals surface area contributed by atoms with Gasteiger partial charge in [0.1, 0.15) is 11.9 Å². The second-order valence-corrected chi connectivity index (χ2v) is 5.15. The molecule has 1 saturated heterocycles. The molecule has 0 radical (unpaired) electrons. The molecule has 1 aromatic rings. The average Bonchev–Trinajstić information content (AvgIpc) is 2.47. The molecule has 1 aromatic carbocycles. The van der Waals surface area contributed by atoms with Gasteiger partial charge in [-0.05, 0) is 31.9 Å². The minimum Gasteiger partial charge on any atom is -0.497 e. The summed E-state index contributed by atoms with van der Waals surface area (Å²) in [5, 5.41) is 12.8. The lowest BCUT2D eigenvalue weighted by atomic mass is 10.0. The summed E-state index contributed by atoms with van der Waals surface area (Å²) in [5.41, 5.74) is 1.03. The van der Waals surface area contributed by atoms with Crippen molar-refractivity contribution in [2.24, 2.45) is 0 Å². The number of nitrogens with zero attached hydrogens (tertiary/aromatic N) is 1. The summed E-state index contributed by atoms with van der Waals surface area (Å²) < 4.78 is 5.20. The zero-order chi connectivity index (χ0) is 14.5. The molecule has 1 atom stereocenters. The van der Waals surface area contributed by atoms with Gasteiger partial charge in [0.2, 0.25) is 0 Å². The zero-order valence-corrected chi connectivity index (χ0v) is 12.0. The number of hydrogen-bond acceptors (Lipinski definition) is 4. The number of methoxy groups -OCH3 is 1. The summed E-state index contributed by atoms with van der Waals surface area (Å²) in [4.78, 5) is 13.4. The van der Waals surface area contributed by atoms with Crippen molar-refractivity contribution in [2.75, 3.05) is 25.5 Å². The molecule has 5 nitrogen and oxygen atoms in total. The Hall–Kier alpha value is -1.75. The van der Waals surface area contributed by atoms with E-state index >= 15 is 0 Å². The fourth-order valence-corrected chi connectivity index (χ4v) is 2.46. The Balaban J connectivity index is 1.86. The highest BCUT2D eigenvalue weighted by atomic mass is 16.5. The van der Waals surface area contributed by atoms with E-state index in [0.29, 0.717) is 19.1 Å². The fraction of sp³-hybridized carbons (Fsp3) is 0.533. The Kier molecular flexibility index (Phi) is 4.84. The van der Waals surface area contributed by atoms with Gasteiger partial charge >= 0.3 is 0 Å². The third-order valence-electron chi connectivity index (χ3n) is 3.60. The lowest BCUT2D eigenvalue weighted by Crippen LogP contribution is -2.45. The monoisotopic (exact) mass is 278 g/mol. The molecule has 0 bridgehead atoms. The van der Waals surface area contributed by atoms with Crippen molar-refractivity contribution in [1.82, 2.24) is 4.90 Å². The van der Waals surface area contributed by atoms with E-state index in [1.165, 1.54) is 6.92 Å². The first-order valence-electron chi connectivity index (χ1n) is 6.97. The summed E-state index contributed by atoms with van der Waals surface area (Å²) in [7, 11) is 1.65. The van der Waals surface area contributed by atoms with E-state index in [2.05, 4.69) is 5.32 Å². The molecule has 1 aliphatic heterocycles. The van der Waals surface area contributed by atoms with Crippen LogP contribution in [0.25, 0.3) is 0 Å². The number of benzene rings is 1. The number of aliphatic hydroxyl groups excluding tert-OH is 1. The maximum atomic E-state index is 11.7. The lowest BCUT2D eigenvalue weighted by molar-refractivity contribution is -0.140. The van der Waals surface area contributed by atoms with E-state index in [9.17, 15) is 9.90 Å². The first kappa shape index (κ1) is 14.7. The third kappa shape index (κ3) is 3.63. The number of nitrogens with one attached hydrogen (secondary N) is 1. The molecule has 0 aliphatic carbocycles. The van der Waals surface area contributed by atoms with Crippen LogP contribution in [0.4, 0.5) is 5.69 Å². The van der Waals surface area contributed by atoms with Crippen molar-refractivity contribution in [3.63, 3.8) is 0 Å². The standard InChI is InChI=1S/C15H22N2O3/c1-11(18)15(19)17-8-6-12(7-9-17)16-13-4-3-5-14(10-13)20-2/h3-5,10-12,16,18H,6-9H2,1-2H3. The molecule has 1 amide bonds. The molecule has 2 rings (SSSR count). The topological polar surface area (TPSA) is 61.8 Å². The minimum absolute atomic E-state index is 0.176. The Morgan fingerprint density at radius 1 is 1.45 bits per heavy atom. The summed E-state index contributed by atoms with van der Waals surface area (Å²) in [6.07, 6.45) is 0.864. The number of piperidine rings is 1. The minimum atomic E-state index is -0.905. The fourth-order valence-electron chi connectivity index (χ4n) is 2.46. The summed E-state index contributed by atoms with van der Waals surface area (Å²) in [6.45, 7) is 2.89. The number of anilines is 1. The molecule has 0 saturated carbocycles. The second kappa shape index (κ2) is 6.61. The van der Waals surface area contributed by atoms with Gasteiger partial charge in [-0.3, -0.25) is 4.79 Å². The molecule has 0 spiro atoms. The predicted octanol–water partition coefficient (Wildman–Crippen LogP) is 1.48. The highest BCUT2D eigenvalue weighted by Gasteiger charge is 2.24. The van der Waals surface area contributed by atoms with Gasteiger partial charge in [-0.25, -0.2) is 0 Å². The zero-order valence-electron chi connectivity index (χ0n) is 12.0. The highest BCUT2D eigenvalue weighted by Crippen LogP contribution is 2.21. The molecule has 110 valence electrons. The predicted molar refractivity (Wildman–Crippen MR) is 77.9 cm³/mol. The van der Waals surface area contributed by atoms with E-state index in [4.69, 9.17) is 4.74 Å². The van der Waals surface area contributed by atoms with Gasteiger partial charge in [-0.2, -0.15) is 0 Å². The largest absolute Gasteiger partial charge is 0.497 e. The van der Waals surface area contributed by atoms with Crippen LogP contribution in [0.5, 0.6) is 5.75 Å². The molecular weight excluding hydrogens is 256 g/mol. The highest BCUT2D eigenvalue weighted by molar-refractivity contribution is 5.80. The van der Waals surface area contributed by atoms with E-state index in [-0.39, 0.29) is 5.91 Å². The molecule has 2 N–H and O–H groups in total. The van der Waals surface area contributed by atoms with Crippen LogP contribution in [-0.4, -0.2) is 48.3 Å². The lowest BCUT2D eigenvalue weighted by Gasteiger charge is -2.33. The first-order valence-corrected chi connectivity index (χ1v) is 6.97. The van der Waals surface area contributed by atoms with Crippen LogP contribution in [0, 0.1) is 0 Å². The quantitative estimate of drug-likeness (QED) is 0.875. The maximum absolute atomic E-state index is 11.7. The second-order valence-electron chi connectivity index (χ2n) is 5.15. The summed E-state index contributed by atoms with van der Waals surface area (Å²) >= 11 is 0. The number of likely N-dealkylation sites (tertiary alicyclic amines) is 1.